The molecule has 3 nitrogen and oxygen atoms in total. The number of aromatic nitrogens is 2. The fourth-order valence-electron chi connectivity index (χ4n) is 2.04. The summed E-state index contributed by atoms with van der Waals surface area (Å²) < 4.78 is 3.18. The molecule has 0 aliphatic carbocycles. The van der Waals surface area contributed by atoms with E-state index in [9.17, 15) is 0 Å². The second kappa shape index (κ2) is 5.95. The molecular weight excluding hydrogens is 346 g/mol. The minimum absolute atomic E-state index is 0.745. The lowest BCUT2D eigenvalue weighted by Crippen LogP contribution is -2.11. The number of benzene rings is 1. The van der Waals surface area contributed by atoms with E-state index in [4.69, 9.17) is 0 Å². The van der Waals surface area contributed by atoms with Gasteiger partial charge in [-0.15, -0.1) is 11.3 Å². The van der Waals surface area contributed by atoms with Gasteiger partial charge in [0.15, 0.2) is 10.6 Å². The van der Waals surface area contributed by atoms with Crippen molar-refractivity contribution < 1.29 is 0 Å². The van der Waals surface area contributed by atoms with Gasteiger partial charge in [0.1, 0.15) is 0 Å². The van der Waals surface area contributed by atoms with Crippen molar-refractivity contribution in [3.05, 3.63) is 62.8 Å². The molecule has 106 valence electrons. The maximum absolute atomic E-state index is 4.63. The van der Waals surface area contributed by atoms with Gasteiger partial charge in [-0.25, -0.2) is 9.98 Å². The highest BCUT2D eigenvalue weighted by atomic mass is 79.9. The van der Waals surface area contributed by atoms with Gasteiger partial charge in [0, 0.05) is 22.6 Å². The van der Waals surface area contributed by atoms with Gasteiger partial charge < -0.3 is 4.57 Å². The summed E-state index contributed by atoms with van der Waals surface area (Å²) in [6, 6.07) is 14.2. The lowest BCUT2D eigenvalue weighted by atomic mass is 10.2. The zero-order valence-electron chi connectivity index (χ0n) is 11.7. The molecule has 0 unspecified atom stereocenters. The van der Waals surface area contributed by atoms with Gasteiger partial charge in [-0.2, -0.15) is 0 Å². The first kappa shape index (κ1) is 14.2. The van der Waals surface area contributed by atoms with E-state index in [-0.39, 0.29) is 0 Å². The molecule has 3 rings (SSSR count). The second-order valence-electron chi connectivity index (χ2n) is 4.72. The van der Waals surface area contributed by atoms with E-state index in [0.717, 1.165) is 26.5 Å². The number of aryl methyl sites for hydroxylation is 1. The number of rotatable bonds is 2. The molecule has 0 amide bonds. The molecule has 0 fully saturated rings. The molecule has 0 N–H and O–H groups in total. The van der Waals surface area contributed by atoms with Gasteiger partial charge in [0.25, 0.3) is 0 Å². The van der Waals surface area contributed by atoms with E-state index < -0.39 is 0 Å². The van der Waals surface area contributed by atoms with E-state index in [2.05, 4.69) is 48.0 Å². The van der Waals surface area contributed by atoms with Crippen LogP contribution in [0, 0.1) is 6.92 Å². The van der Waals surface area contributed by atoms with Crippen LogP contribution >= 0.6 is 27.3 Å². The Kier molecular flexibility index (Phi) is 4.03. The van der Waals surface area contributed by atoms with Crippen molar-refractivity contribution in [3.8, 4) is 11.3 Å². The van der Waals surface area contributed by atoms with E-state index in [0.29, 0.717) is 0 Å². The molecule has 1 aromatic carbocycles. The molecule has 0 bridgehead atoms. The standard InChI is InChI=1S/C16H14BrN3S/c1-11-4-3-5-15(18-11)19-16-20(2)14(10-21-16)12-6-8-13(17)9-7-12/h3-10H,1-2H3/b19-16-. The van der Waals surface area contributed by atoms with Gasteiger partial charge >= 0.3 is 0 Å². The largest absolute Gasteiger partial charge is 0.320 e. The third-order valence-electron chi connectivity index (χ3n) is 3.15. The zero-order valence-corrected chi connectivity index (χ0v) is 14.1. The SMILES string of the molecule is Cc1cccc(/N=c2\scc(-c3ccc(Br)cc3)n2C)n1. The fraction of sp³-hybridized carbons (Fsp3) is 0.125. The Hall–Kier alpha value is -1.72. The highest BCUT2D eigenvalue weighted by molar-refractivity contribution is 9.10. The number of hydrogen-bond acceptors (Lipinski definition) is 3. The van der Waals surface area contributed by atoms with Crippen LogP contribution in [0.3, 0.4) is 0 Å². The van der Waals surface area contributed by atoms with Gasteiger partial charge in [-0.3, -0.25) is 0 Å². The molecule has 2 heterocycles. The highest BCUT2D eigenvalue weighted by Gasteiger charge is 2.04. The highest BCUT2D eigenvalue weighted by Crippen LogP contribution is 2.22. The van der Waals surface area contributed by atoms with Crippen LogP contribution in [-0.4, -0.2) is 9.55 Å². The van der Waals surface area contributed by atoms with Crippen molar-refractivity contribution in [1.29, 1.82) is 0 Å². The summed E-state index contributed by atoms with van der Waals surface area (Å²) in [5.41, 5.74) is 3.30. The first-order chi connectivity index (χ1) is 10.1. The first-order valence-electron chi connectivity index (χ1n) is 6.52. The molecular formula is C16H14BrN3S. The predicted molar refractivity (Wildman–Crippen MR) is 90.6 cm³/mol. The molecule has 0 spiro atoms. The molecule has 5 heteroatoms. The lowest BCUT2D eigenvalue weighted by molar-refractivity contribution is 0.879. The molecule has 0 saturated heterocycles. The number of hydrogen-bond donors (Lipinski definition) is 0. The average molecular weight is 360 g/mol. The molecule has 0 aliphatic heterocycles. The van der Waals surface area contributed by atoms with Crippen LogP contribution in [0.2, 0.25) is 0 Å². The summed E-state index contributed by atoms with van der Waals surface area (Å²) >= 11 is 5.08. The maximum atomic E-state index is 4.63. The topological polar surface area (TPSA) is 30.2 Å². The Morgan fingerprint density at radius 2 is 1.90 bits per heavy atom. The van der Waals surface area contributed by atoms with Crippen molar-refractivity contribution >= 4 is 33.1 Å². The Morgan fingerprint density at radius 3 is 2.62 bits per heavy atom. The van der Waals surface area contributed by atoms with Crippen LogP contribution in [0.1, 0.15) is 5.69 Å². The minimum Gasteiger partial charge on any atom is -0.320 e. The smallest absolute Gasteiger partial charge is 0.191 e. The number of thiazole rings is 1. The minimum atomic E-state index is 0.745. The van der Waals surface area contributed by atoms with Gasteiger partial charge in [0.05, 0.1) is 5.69 Å². The van der Waals surface area contributed by atoms with Crippen LogP contribution in [0.25, 0.3) is 11.3 Å². The van der Waals surface area contributed by atoms with E-state index in [1.165, 1.54) is 5.56 Å². The number of halogens is 1. The Morgan fingerprint density at radius 1 is 1.14 bits per heavy atom. The normalized spacial score (nSPS) is 11.9. The second-order valence-corrected chi connectivity index (χ2v) is 6.47. The first-order valence-corrected chi connectivity index (χ1v) is 8.19. The van der Waals surface area contributed by atoms with Crippen molar-refractivity contribution in [2.24, 2.45) is 12.0 Å². The van der Waals surface area contributed by atoms with Crippen LogP contribution in [0.5, 0.6) is 0 Å². The summed E-state index contributed by atoms with van der Waals surface area (Å²) in [7, 11) is 2.03. The van der Waals surface area contributed by atoms with Crippen LogP contribution < -0.4 is 4.80 Å². The quantitative estimate of drug-likeness (QED) is 0.664. The van der Waals surface area contributed by atoms with E-state index in [1.54, 1.807) is 11.3 Å². The molecule has 0 radical (unpaired) electrons. The molecule has 21 heavy (non-hydrogen) atoms. The maximum Gasteiger partial charge on any atom is 0.191 e. The monoisotopic (exact) mass is 359 g/mol. The Labute approximate surface area is 135 Å². The van der Waals surface area contributed by atoms with Crippen molar-refractivity contribution in [3.63, 3.8) is 0 Å². The fourth-order valence-corrected chi connectivity index (χ4v) is 3.22. The predicted octanol–water partition coefficient (Wildman–Crippen LogP) is 4.45. The van der Waals surface area contributed by atoms with Crippen LogP contribution in [-0.2, 0) is 7.05 Å². The molecule has 3 aromatic rings. The van der Waals surface area contributed by atoms with Gasteiger partial charge in [-0.05, 0) is 36.8 Å². The zero-order chi connectivity index (χ0) is 14.8. The van der Waals surface area contributed by atoms with Crippen LogP contribution in [0.15, 0.2) is 57.3 Å². The van der Waals surface area contributed by atoms with Gasteiger partial charge in [0.2, 0.25) is 0 Å². The molecule has 0 aliphatic rings. The van der Waals surface area contributed by atoms with Gasteiger partial charge in [-0.1, -0.05) is 34.1 Å². The average Bonchev–Trinajstić information content (AvgIpc) is 2.81. The Balaban J connectivity index is 2.05. The summed E-state index contributed by atoms with van der Waals surface area (Å²) in [5, 5.41) is 2.12. The Bertz CT molecular complexity index is 831. The molecule has 0 saturated carbocycles. The third-order valence-corrected chi connectivity index (χ3v) is 4.59. The molecule has 0 atom stereocenters. The summed E-state index contributed by atoms with van der Waals surface area (Å²) in [6.45, 7) is 1.97. The van der Waals surface area contributed by atoms with E-state index >= 15 is 0 Å². The summed E-state index contributed by atoms with van der Waals surface area (Å²) in [4.78, 5) is 9.99. The number of nitrogens with zero attached hydrogens (tertiary/aromatic N) is 3. The van der Waals surface area contributed by atoms with E-state index in [1.807, 2.05) is 44.3 Å². The lowest BCUT2D eigenvalue weighted by Gasteiger charge is -2.03. The summed E-state index contributed by atoms with van der Waals surface area (Å²) in [5.74, 6) is 0.745. The van der Waals surface area contributed by atoms with Crippen molar-refractivity contribution in [2.75, 3.05) is 0 Å². The van der Waals surface area contributed by atoms with Crippen molar-refractivity contribution in [1.82, 2.24) is 9.55 Å². The van der Waals surface area contributed by atoms with Crippen LogP contribution in [0.4, 0.5) is 5.82 Å². The number of pyridine rings is 1. The van der Waals surface area contributed by atoms with Crippen molar-refractivity contribution in [2.45, 2.75) is 6.92 Å². The summed E-state index contributed by atoms with van der Waals surface area (Å²) in [6.07, 6.45) is 0. The molecule has 2 aromatic heterocycles. The third kappa shape index (κ3) is 3.14.